The van der Waals surface area contributed by atoms with Crippen LogP contribution in [0.4, 0.5) is 27.4 Å². The van der Waals surface area contributed by atoms with Crippen molar-refractivity contribution >= 4 is 28.9 Å². The fourth-order valence-corrected chi connectivity index (χ4v) is 5.33. The first-order valence-electron chi connectivity index (χ1n) is 13.4. The number of ether oxygens (including phenoxy) is 1. The molecule has 0 saturated carbocycles. The van der Waals surface area contributed by atoms with E-state index in [1.54, 1.807) is 6.07 Å². The average Bonchev–Trinajstić information content (AvgIpc) is 3.36. The maximum absolute atomic E-state index is 14.9. The van der Waals surface area contributed by atoms with E-state index in [1.807, 2.05) is 11.9 Å². The molecule has 216 valence electrons. The number of β-amino-alcohol motifs (C(OH)–C–C–N with tert-alkyl or cyclic N) is 1. The van der Waals surface area contributed by atoms with Gasteiger partial charge in [0.2, 0.25) is 0 Å². The highest BCUT2D eigenvalue weighted by Gasteiger charge is 2.28. The molecule has 0 radical (unpaired) electrons. The summed E-state index contributed by atoms with van der Waals surface area (Å²) < 4.78 is 20.1. The first-order chi connectivity index (χ1) is 19.7. The minimum absolute atomic E-state index is 0.0307. The first kappa shape index (κ1) is 28.2. The lowest BCUT2D eigenvalue weighted by molar-refractivity contribution is -0.384. The fraction of sp³-hybridized carbons (Fsp3) is 0.393. The Bertz CT molecular complexity index is 1460. The number of benzene rings is 1. The predicted octanol–water partition coefficient (Wildman–Crippen LogP) is 3.34. The quantitative estimate of drug-likeness (QED) is 0.275. The van der Waals surface area contributed by atoms with Crippen molar-refractivity contribution in [2.24, 2.45) is 0 Å². The van der Waals surface area contributed by atoms with Crippen molar-refractivity contribution in [2.75, 3.05) is 50.6 Å². The van der Waals surface area contributed by atoms with Gasteiger partial charge in [0.25, 0.3) is 11.6 Å². The molecule has 0 unspecified atom stereocenters. The van der Waals surface area contributed by atoms with Gasteiger partial charge in [-0.05, 0) is 51.1 Å². The number of piperidine rings is 1. The van der Waals surface area contributed by atoms with Crippen molar-refractivity contribution in [2.45, 2.75) is 31.4 Å². The van der Waals surface area contributed by atoms with Gasteiger partial charge in [-0.25, -0.2) is 14.4 Å². The minimum Gasteiger partial charge on any atom is -0.496 e. The second kappa shape index (κ2) is 12.0. The summed E-state index contributed by atoms with van der Waals surface area (Å²) in [5.74, 6) is -0.360. The van der Waals surface area contributed by atoms with E-state index < -0.39 is 16.8 Å². The number of likely N-dealkylation sites (tertiary alicyclic amines) is 1. The van der Waals surface area contributed by atoms with Gasteiger partial charge in [0.05, 0.1) is 35.0 Å². The summed E-state index contributed by atoms with van der Waals surface area (Å²) in [6.07, 6.45) is 3.24. The van der Waals surface area contributed by atoms with Gasteiger partial charge in [-0.2, -0.15) is 0 Å². The van der Waals surface area contributed by atoms with Crippen LogP contribution >= 0.6 is 0 Å². The summed E-state index contributed by atoms with van der Waals surface area (Å²) in [5.41, 5.74) is 0.257. The van der Waals surface area contributed by atoms with Gasteiger partial charge < -0.3 is 30.3 Å². The number of pyridine rings is 2. The van der Waals surface area contributed by atoms with E-state index >= 15 is 0 Å². The highest BCUT2D eigenvalue weighted by molar-refractivity contribution is 6.00. The number of methoxy groups -OCH3 is 1. The van der Waals surface area contributed by atoms with Crippen LogP contribution < -0.4 is 20.3 Å². The molecule has 1 aromatic carbocycles. The Morgan fingerprint density at radius 1 is 1.20 bits per heavy atom. The number of hydrogen-bond donors (Lipinski definition) is 3. The molecule has 3 aromatic rings. The molecular weight excluding hydrogens is 533 g/mol. The zero-order valence-corrected chi connectivity index (χ0v) is 22.8. The molecule has 2 fully saturated rings. The lowest BCUT2D eigenvalue weighted by Crippen LogP contribution is -2.41. The number of rotatable bonds is 8. The number of nitrogens with zero attached hydrogens (tertiary/aromatic N) is 5. The molecule has 0 spiro atoms. The van der Waals surface area contributed by atoms with Crippen molar-refractivity contribution < 1.29 is 24.0 Å². The molecule has 5 rings (SSSR count). The van der Waals surface area contributed by atoms with Gasteiger partial charge >= 0.3 is 0 Å². The van der Waals surface area contributed by atoms with Crippen LogP contribution in [-0.4, -0.2) is 83.3 Å². The van der Waals surface area contributed by atoms with Gasteiger partial charge in [-0.1, -0.05) is 6.07 Å². The Hall–Kier alpha value is -4.36. The molecule has 3 N–H and O–H groups in total. The smallest absolute Gasteiger partial charge is 0.295 e. The number of aliphatic hydroxyl groups is 1. The number of carbonyl (C=O) groups excluding carboxylic acids is 1. The van der Waals surface area contributed by atoms with Crippen LogP contribution in [0, 0.1) is 15.9 Å². The summed E-state index contributed by atoms with van der Waals surface area (Å²) >= 11 is 0. The second-order valence-electron chi connectivity index (χ2n) is 10.3. The third-order valence-corrected chi connectivity index (χ3v) is 7.35. The molecule has 2 aromatic heterocycles. The van der Waals surface area contributed by atoms with E-state index in [9.17, 15) is 24.4 Å². The number of halogens is 1. The molecule has 13 heteroatoms. The number of hydrogen-bond acceptors (Lipinski definition) is 10. The summed E-state index contributed by atoms with van der Waals surface area (Å²) in [4.78, 5) is 37.3. The zero-order chi connectivity index (χ0) is 29.1. The SMILES string of the molecule is COc1cccc(F)c1-c1nc(Nc2cc(N3CCC[C@H](O)C3)c(C(=O)N[C@@H]3CCN(C)C3)cn2)ccc1[N+](=O)[O-]. The van der Waals surface area contributed by atoms with E-state index in [2.05, 4.69) is 25.5 Å². The van der Waals surface area contributed by atoms with E-state index in [0.717, 1.165) is 25.9 Å². The number of nitrogens with one attached hydrogen (secondary N) is 2. The summed E-state index contributed by atoms with van der Waals surface area (Å²) in [6, 6.07) is 8.48. The molecule has 2 aliphatic rings. The molecule has 1 amide bonds. The molecule has 4 heterocycles. The standard InChI is InChI=1S/C28H32FN7O5/c1-34-12-10-17(15-34)31-28(38)19-14-30-25(13-22(19)35-11-4-5-18(37)16-35)32-24-9-8-21(36(39)40)27(33-24)26-20(29)6-3-7-23(26)41-2/h3,6-9,13-14,17-18,37H,4-5,10-12,15-16H2,1-2H3,(H,31,38)(H,30,32,33)/t17-,18+/m1/s1. The van der Waals surface area contributed by atoms with Crippen LogP contribution in [0.15, 0.2) is 42.6 Å². The zero-order valence-electron chi connectivity index (χ0n) is 22.8. The van der Waals surface area contributed by atoms with Crippen molar-refractivity contribution in [3.63, 3.8) is 0 Å². The molecule has 2 saturated heterocycles. The maximum Gasteiger partial charge on any atom is 0.295 e. The van der Waals surface area contributed by atoms with Crippen molar-refractivity contribution in [1.82, 2.24) is 20.2 Å². The molecule has 12 nitrogen and oxygen atoms in total. The largest absolute Gasteiger partial charge is 0.496 e. The van der Waals surface area contributed by atoms with Gasteiger partial charge in [-0.3, -0.25) is 14.9 Å². The molecule has 0 bridgehead atoms. The number of aromatic nitrogens is 2. The maximum atomic E-state index is 14.9. The predicted molar refractivity (Wildman–Crippen MR) is 151 cm³/mol. The Morgan fingerprint density at radius 3 is 2.73 bits per heavy atom. The van der Waals surface area contributed by atoms with Crippen LogP contribution in [0.5, 0.6) is 5.75 Å². The molecule has 0 aliphatic carbocycles. The Kier molecular flexibility index (Phi) is 8.26. The van der Waals surface area contributed by atoms with Crippen LogP contribution in [0.25, 0.3) is 11.3 Å². The number of likely N-dealkylation sites (N-methyl/N-ethyl adjacent to an activating group) is 1. The molecule has 41 heavy (non-hydrogen) atoms. The first-order valence-corrected chi connectivity index (χ1v) is 13.4. The number of carbonyl (C=O) groups is 1. The van der Waals surface area contributed by atoms with E-state index in [-0.39, 0.29) is 40.5 Å². The Morgan fingerprint density at radius 2 is 2.02 bits per heavy atom. The Labute approximate surface area is 236 Å². The summed E-state index contributed by atoms with van der Waals surface area (Å²) in [7, 11) is 3.35. The lowest BCUT2D eigenvalue weighted by Gasteiger charge is -2.33. The van der Waals surface area contributed by atoms with Crippen LogP contribution in [0.3, 0.4) is 0 Å². The van der Waals surface area contributed by atoms with E-state index in [0.29, 0.717) is 36.6 Å². The lowest BCUT2D eigenvalue weighted by atomic mass is 10.1. The van der Waals surface area contributed by atoms with Crippen LogP contribution in [-0.2, 0) is 0 Å². The molecular formula is C28H32FN7O5. The number of aliphatic hydroxyl groups excluding tert-OH is 1. The average molecular weight is 566 g/mol. The monoisotopic (exact) mass is 565 g/mol. The van der Waals surface area contributed by atoms with Crippen LogP contribution in [0.1, 0.15) is 29.6 Å². The number of amides is 1. The van der Waals surface area contributed by atoms with Gasteiger partial charge in [0.1, 0.15) is 23.2 Å². The van der Waals surface area contributed by atoms with Gasteiger partial charge in [0.15, 0.2) is 5.69 Å². The van der Waals surface area contributed by atoms with E-state index in [4.69, 9.17) is 4.74 Å². The topological polar surface area (TPSA) is 146 Å². The normalized spacial score (nSPS) is 19.2. The fourth-order valence-electron chi connectivity index (χ4n) is 5.33. The number of nitro groups is 1. The molecule has 2 aliphatic heterocycles. The third-order valence-electron chi connectivity index (χ3n) is 7.35. The third kappa shape index (κ3) is 6.20. The highest BCUT2D eigenvalue weighted by Crippen LogP contribution is 2.38. The summed E-state index contributed by atoms with van der Waals surface area (Å²) in [5, 5.41) is 28.2. The van der Waals surface area contributed by atoms with Gasteiger partial charge in [0, 0.05) is 44.0 Å². The van der Waals surface area contributed by atoms with Gasteiger partial charge in [-0.15, -0.1) is 0 Å². The van der Waals surface area contributed by atoms with Crippen LogP contribution in [0.2, 0.25) is 0 Å². The van der Waals surface area contributed by atoms with Crippen molar-refractivity contribution in [3.05, 3.63) is 64.1 Å². The minimum atomic E-state index is -0.718. The second-order valence-corrected chi connectivity index (χ2v) is 10.3. The Balaban J connectivity index is 1.49. The number of anilines is 3. The van der Waals surface area contributed by atoms with Crippen molar-refractivity contribution in [3.8, 4) is 17.0 Å². The molecule has 2 atom stereocenters. The summed E-state index contributed by atoms with van der Waals surface area (Å²) in [6.45, 7) is 2.68. The van der Waals surface area contributed by atoms with Crippen molar-refractivity contribution in [1.29, 1.82) is 0 Å². The van der Waals surface area contributed by atoms with E-state index in [1.165, 1.54) is 43.6 Å². The highest BCUT2D eigenvalue weighted by atomic mass is 19.1.